The zero-order valence-corrected chi connectivity index (χ0v) is 23.3. The van der Waals surface area contributed by atoms with E-state index >= 15 is 4.39 Å². The number of benzene rings is 1. The number of hydrogen-bond acceptors (Lipinski definition) is 0. The van der Waals surface area contributed by atoms with E-state index in [1.807, 2.05) is 12.1 Å². The molecule has 1 unspecified atom stereocenters. The van der Waals surface area contributed by atoms with Crippen LogP contribution in [0, 0.1) is 41.2 Å². The van der Waals surface area contributed by atoms with Crippen LogP contribution in [-0.2, 0) is 6.42 Å². The molecule has 0 aliphatic heterocycles. The van der Waals surface area contributed by atoms with E-state index in [0.717, 1.165) is 43.1 Å². The summed E-state index contributed by atoms with van der Waals surface area (Å²) in [6.45, 7) is 6.23. The largest absolute Gasteiger partial charge is 0.203 e. The third-order valence-corrected chi connectivity index (χ3v) is 9.87. The molecule has 2 fully saturated rings. The quantitative estimate of drug-likeness (QED) is 0.206. The smallest absolute Gasteiger partial charge is 0.166 e. The Kier molecular flexibility index (Phi) is 11.1. The monoisotopic (exact) mass is 508 g/mol. The number of aryl methyl sites for hydroxylation is 1. The Bertz CT molecular complexity index is 909. The molecule has 0 heterocycles. The minimum Gasteiger partial charge on any atom is -0.203 e. The van der Waals surface area contributed by atoms with Crippen LogP contribution in [0.15, 0.2) is 43.0 Å². The SMILES string of the molecule is C=CC1CCC(C2CC=C(c3ccc(CC/C=C/C4CCC(CCCCC)CC4)c(F)c3F)CC2)CC1. The lowest BCUT2D eigenvalue weighted by Gasteiger charge is -2.34. The Morgan fingerprint density at radius 2 is 1.62 bits per heavy atom. The number of halogens is 2. The highest BCUT2D eigenvalue weighted by atomic mass is 19.2. The van der Waals surface area contributed by atoms with Gasteiger partial charge in [-0.2, -0.15) is 0 Å². The second kappa shape index (κ2) is 14.5. The van der Waals surface area contributed by atoms with Crippen molar-refractivity contribution >= 4 is 5.57 Å². The highest BCUT2D eigenvalue weighted by Crippen LogP contribution is 2.42. The van der Waals surface area contributed by atoms with E-state index in [1.165, 1.54) is 77.0 Å². The van der Waals surface area contributed by atoms with Crippen molar-refractivity contribution in [3.8, 4) is 0 Å². The van der Waals surface area contributed by atoms with Crippen molar-refractivity contribution in [3.05, 3.63) is 65.8 Å². The maximum atomic E-state index is 15.1. The van der Waals surface area contributed by atoms with E-state index in [9.17, 15) is 4.39 Å². The molecule has 0 bridgehead atoms. The van der Waals surface area contributed by atoms with Crippen molar-refractivity contribution in [2.75, 3.05) is 0 Å². The summed E-state index contributed by atoms with van der Waals surface area (Å²) in [6, 6.07) is 3.66. The van der Waals surface area contributed by atoms with Gasteiger partial charge in [0.2, 0.25) is 0 Å². The summed E-state index contributed by atoms with van der Waals surface area (Å²) in [7, 11) is 0. The van der Waals surface area contributed by atoms with Crippen LogP contribution in [0.3, 0.4) is 0 Å². The number of allylic oxidation sites excluding steroid dienone is 5. The second-order valence-electron chi connectivity index (χ2n) is 12.3. The highest BCUT2D eigenvalue weighted by molar-refractivity contribution is 5.67. The van der Waals surface area contributed by atoms with Crippen molar-refractivity contribution in [2.24, 2.45) is 29.6 Å². The van der Waals surface area contributed by atoms with Crippen LogP contribution in [0.1, 0.15) is 121 Å². The number of hydrogen-bond donors (Lipinski definition) is 0. The van der Waals surface area contributed by atoms with Gasteiger partial charge >= 0.3 is 0 Å². The molecule has 3 aliphatic carbocycles. The van der Waals surface area contributed by atoms with Crippen LogP contribution < -0.4 is 0 Å². The predicted molar refractivity (Wildman–Crippen MR) is 154 cm³/mol. The van der Waals surface area contributed by atoms with Crippen molar-refractivity contribution in [2.45, 2.75) is 116 Å². The predicted octanol–water partition coefficient (Wildman–Crippen LogP) is 11.0. The van der Waals surface area contributed by atoms with Crippen LogP contribution in [0.25, 0.3) is 5.57 Å². The van der Waals surface area contributed by atoms with Crippen molar-refractivity contribution in [3.63, 3.8) is 0 Å². The van der Waals surface area contributed by atoms with Crippen LogP contribution in [0.4, 0.5) is 8.78 Å². The maximum Gasteiger partial charge on any atom is 0.166 e. The Morgan fingerprint density at radius 3 is 2.30 bits per heavy atom. The first-order chi connectivity index (χ1) is 18.1. The Morgan fingerprint density at radius 1 is 0.865 bits per heavy atom. The van der Waals surface area contributed by atoms with Crippen LogP contribution in [0.5, 0.6) is 0 Å². The third kappa shape index (κ3) is 7.90. The molecule has 0 radical (unpaired) electrons. The summed E-state index contributed by atoms with van der Waals surface area (Å²) in [5.74, 6) is 2.50. The minimum atomic E-state index is -0.640. The highest BCUT2D eigenvalue weighted by Gasteiger charge is 2.29. The Balaban J connectivity index is 1.23. The van der Waals surface area contributed by atoms with Crippen LogP contribution in [0.2, 0.25) is 0 Å². The van der Waals surface area contributed by atoms with E-state index in [2.05, 4.69) is 37.8 Å². The summed E-state index contributed by atoms with van der Waals surface area (Å²) in [5, 5.41) is 0. The zero-order valence-electron chi connectivity index (χ0n) is 23.3. The molecule has 2 heteroatoms. The molecule has 204 valence electrons. The van der Waals surface area contributed by atoms with E-state index in [1.54, 1.807) is 0 Å². The van der Waals surface area contributed by atoms with Crippen molar-refractivity contribution < 1.29 is 8.78 Å². The molecule has 1 atom stereocenters. The zero-order chi connectivity index (χ0) is 26.0. The fourth-order valence-electron chi connectivity index (χ4n) is 7.29. The van der Waals surface area contributed by atoms with Gasteiger partial charge in [0.15, 0.2) is 11.6 Å². The summed E-state index contributed by atoms with van der Waals surface area (Å²) >= 11 is 0. The van der Waals surface area contributed by atoms with Gasteiger partial charge in [-0.15, -0.1) is 6.58 Å². The first-order valence-corrected chi connectivity index (χ1v) is 15.5. The normalized spacial score (nSPS) is 28.8. The molecule has 0 N–H and O–H groups in total. The first-order valence-electron chi connectivity index (χ1n) is 15.5. The fraction of sp³-hybridized carbons (Fsp3) is 0.657. The topological polar surface area (TPSA) is 0 Å². The first kappa shape index (κ1) is 28.3. The van der Waals surface area contributed by atoms with Gasteiger partial charge in [0.05, 0.1) is 0 Å². The Labute approximate surface area is 225 Å². The van der Waals surface area contributed by atoms with Gasteiger partial charge < -0.3 is 0 Å². The molecular formula is C35H50F2. The summed E-state index contributed by atoms with van der Waals surface area (Å²) in [5.41, 5.74) is 2.00. The second-order valence-corrected chi connectivity index (χ2v) is 12.3. The lowest BCUT2D eigenvalue weighted by atomic mass is 9.71. The molecule has 1 aromatic rings. The molecule has 4 rings (SSSR count). The van der Waals surface area contributed by atoms with Crippen LogP contribution >= 0.6 is 0 Å². The fourth-order valence-corrected chi connectivity index (χ4v) is 7.29. The molecule has 2 saturated carbocycles. The molecule has 0 aromatic heterocycles. The number of rotatable bonds is 11. The molecule has 3 aliphatic rings. The number of unbranched alkanes of at least 4 members (excludes halogenated alkanes) is 2. The van der Waals surface area contributed by atoms with Crippen molar-refractivity contribution in [1.29, 1.82) is 0 Å². The third-order valence-electron chi connectivity index (χ3n) is 9.87. The lowest BCUT2D eigenvalue weighted by molar-refractivity contribution is 0.212. The molecule has 0 spiro atoms. The molecule has 0 saturated heterocycles. The van der Waals surface area contributed by atoms with Gasteiger partial charge in [0.25, 0.3) is 0 Å². The molecular weight excluding hydrogens is 458 g/mol. The van der Waals surface area contributed by atoms with Gasteiger partial charge in [-0.25, -0.2) is 8.78 Å². The van der Waals surface area contributed by atoms with Gasteiger partial charge in [0, 0.05) is 5.56 Å². The van der Waals surface area contributed by atoms with E-state index < -0.39 is 11.6 Å². The Hall–Kier alpha value is -1.70. The van der Waals surface area contributed by atoms with Gasteiger partial charge in [0.1, 0.15) is 0 Å². The van der Waals surface area contributed by atoms with Gasteiger partial charge in [-0.3, -0.25) is 0 Å². The molecule has 0 amide bonds. The van der Waals surface area contributed by atoms with Gasteiger partial charge in [-0.05, 0) is 124 Å². The van der Waals surface area contributed by atoms with Crippen LogP contribution in [-0.4, -0.2) is 0 Å². The lowest BCUT2D eigenvalue weighted by Crippen LogP contribution is -2.22. The minimum absolute atomic E-state index is 0.487. The van der Waals surface area contributed by atoms with E-state index in [0.29, 0.717) is 35.3 Å². The standard InChI is InChI=1S/C35H50F2/c1-3-5-6-9-27-12-14-28(15-13-27)10-7-8-11-32-24-25-33(35(37)34(32)36)31-22-20-30(21-23-31)29-18-16-26(4-2)17-19-29/h4,7,10,22,24-30H,2-3,5-6,8-9,11-21,23H2,1H3/b10-7+. The van der Waals surface area contributed by atoms with E-state index in [4.69, 9.17) is 0 Å². The van der Waals surface area contributed by atoms with E-state index in [-0.39, 0.29) is 0 Å². The summed E-state index contributed by atoms with van der Waals surface area (Å²) < 4.78 is 30.1. The average molecular weight is 509 g/mol. The average Bonchev–Trinajstić information content (AvgIpc) is 2.94. The molecule has 37 heavy (non-hydrogen) atoms. The van der Waals surface area contributed by atoms with Gasteiger partial charge in [-0.1, -0.05) is 69.0 Å². The summed E-state index contributed by atoms with van der Waals surface area (Å²) in [6.07, 6.45) is 29.0. The maximum absolute atomic E-state index is 15.1. The van der Waals surface area contributed by atoms with Crippen molar-refractivity contribution in [1.82, 2.24) is 0 Å². The summed E-state index contributed by atoms with van der Waals surface area (Å²) in [4.78, 5) is 0. The molecule has 1 aromatic carbocycles. The molecule has 0 nitrogen and oxygen atoms in total.